The van der Waals surface area contributed by atoms with Crippen LogP contribution >= 0.6 is 11.6 Å². The van der Waals surface area contributed by atoms with Crippen molar-refractivity contribution >= 4 is 11.6 Å². The lowest BCUT2D eigenvalue weighted by Crippen LogP contribution is -2.26. The lowest BCUT2D eigenvalue weighted by Gasteiger charge is -2.20. The number of halogens is 1. The molecule has 16 heavy (non-hydrogen) atoms. The summed E-state index contributed by atoms with van der Waals surface area (Å²) < 4.78 is 5.67. The van der Waals surface area contributed by atoms with E-state index in [-0.39, 0.29) is 6.10 Å². The molecule has 4 heteroatoms. The Labute approximate surface area is 101 Å². The number of hydrogen-bond acceptors (Lipinski definition) is 3. The molecule has 2 unspecified atom stereocenters. The highest BCUT2D eigenvalue weighted by molar-refractivity contribution is 6.32. The van der Waals surface area contributed by atoms with Gasteiger partial charge in [-0.05, 0) is 27.0 Å². The fraction of sp³-hybridized carbons (Fsp3) is 0.500. The van der Waals surface area contributed by atoms with Crippen LogP contribution in [-0.4, -0.2) is 24.4 Å². The van der Waals surface area contributed by atoms with E-state index in [9.17, 15) is 5.11 Å². The molecule has 1 aromatic rings. The van der Waals surface area contributed by atoms with Crippen molar-refractivity contribution in [2.24, 2.45) is 0 Å². The van der Waals surface area contributed by atoms with Gasteiger partial charge in [-0.15, -0.1) is 0 Å². The fourth-order valence-electron chi connectivity index (χ4n) is 1.30. The summed E-state index contributed by atoms with van der Waals surface area (Å²) in [7, 11) is 1.86. The Kier molecular flexibility index (Phi) is 5.06. The SMILES string of the molecule is CNCc1cccc(Cl)c1OC(C)C(C)O. The van der Waals surface area contributed by atoms with Gasteiger partial charge in [0.25, 0.3) is 0 Å². The number of para-hydroxylation sites is 1. The highest BCUT2D eigenvalue weighted by Crippen LogP contribution is 2.29. The molecule has 1 rings (SSSR count). The van der Waals surface area contributed by atoms with E-state index < -0.39 is 6.10 Å². The van der Waals surface area contributed by atoms with Crippen molar-refractivity contribution in [3.63, 3.8) is 0 Å². The quantitative estimate of drug-likeness (QED) is 0.833. The summed E-state index contributed by atoms with van der Waals surface area (Å²) in [5.41, 5.74) is 0.988. The van der Waals surface area contributed by atoms with E-state index in [0.717, 1.165) is 5.56 Å². The molecule has 1 aromatic carbocycles. The Morgan fingerprint density at radius 3 is 2.69 bits per heavy atom. The van der Waals surface area contributed by atoms with Gasteiger partial charge >= 0.3 is 0 Å². The Hall–Kier alpha value is -0.770. The number of aliphatic hydroxyl groups is 1. The van der Waals surface area contributed by atoms with E-state index in [1.165, 1.54) is 0 Å². The third kappa shape index (κ3) is 3.37. The normalized spacial score (nSPS) is 14.6. The summed E-state index contributed by atoms with van der Waals surface area (Å²) in [5, 5.41) is 13.0. The van der Waals surface area contributed by atoms with Crippen LogP contribution in [0.15, 0.2) is 18.2 Å². The number of aliphatic hydroxyl groups excluding tert-OH is 1. The molecule has 0 aromatic heterocycles. The summed E-state index contributed by atoms with van der Waals surface area (Å²) in [6, 6.07) is 5.62. The first-order valence-electron chi connectivity index (χ1n) is 5.33. The maximum atomic E-state index is 9.41. The first-order chi connectivity index (χ1) is 7.56. The van der Waals surface area contributed by atoms with Gasteiger partial charge in [0.15, 0.2) is 0 Å². The van der Waals surface area contributed by atoms with Crippen LogP contribution in [0.1, 0.15) is 19.4 Å². The van der Waals surface area contributed by atoms with E-state index in [1.54, 1.807) is 13.0 Å². The number of hydrogen-bond donors (Lipinski definition) is 2. The van der Waals surface area contributed by atoms with Crippen molar-refractivity contribution in [3.05, 3.63) is 28.8 Å². The Morgan fingerprint density at radius 1 is 1.44 bits per heavy atom. The summed E-state index contributed by atoms with van der Waals surface area (Å²) in [6.45, 7) is 4.19. The summed E-state index contributed by atoms with van der Waals surface area (Å²) >= 11 is 6.08. The molecule has 0 spiro atoms. The minimum Gasteiger partial charge on any atom is -0.486 e. The smallest absolute Gasteiger partial charge is 0.142 e. The van der Waals surface area contributed by atoms with Crippen molar-refractivity contribution < 1.29 is 9.84 Å². The van der Waals surface area contributed by atoms with Gasteiger partial charge in [-0.3, -0.25) is 0 Å². The first-order valence-corrected chi connectivity index (χ1v) is 5.70. The van der Waals surface area contributed by atoms with Crippen LogP contribution in [0.2, 0.25) is 5.02 Å². The molecular weight excluding hydrogens is 226 g/mol. The molecule has 90 valence electrons. The molecular formula is C12H18ClNO2. The topological polar surface area (TPSA) is 41.5 Å². The van der Waals surface area contributed by atoms with E-state index in [4.69, 9.17) is 16.3 Å². The predicted octanol–water partition coefficient (Wildman–Crippen LogP) is 2.21. The zero-order chi connectivity index (χ0) is 12.1. The van der Waals surface area contributed by atoms with Crippen LogP contribution in [0.3, 0.4) is 0 Å². The maximum absolute atomic E-state index is 9.41. The van der Waals surface area contributed by atoms with Gasteiger partial charge in [0.2, 0.25) is 0 Å². The molecule has 0 heterocycles. The van der Waals surface area contributed by atoms with Crippen molar-refractivity contribution in [1.29, 1.82) is 0 Å². The molecule has 0 aliphatic heterocycles. The lowest BCUT2D eigenvalue weighted by molar-refractivity contribution is 0.0598. The number of rotatable bonds is 5. The molecule has 0 radical (unpaired) electrons. The zero-order valence-corrected chi connectivity index (χ0v) is 10.6. The highest BCUT2D eigenvalue weighted by atomic mass is 35.5. The first kappa shape index (κ1) is 13.3. The van der Waals surface area contributed by atoms with Gasteiger partial charge in [0.05, 0.1) is 11.1 Å². The summed E-state index contributed by atoms with van der Waals surface area (Å²) in [6.07, 6.45) is -0.811. The Morgan fingerprint density at radius 2 is 2.12 bits per heavy atom. The average Bonchev–Trinajstić information content (AvgIpc) is 2.23. The molecule has 2 N–H and O–H groups in total. The maximum Gasteiger partial charge on any atom is 0.142 e. The molecule has 0 saturated heterocycles. The highest BCUT2D eigenvalue weighted by Gasteiger charge is 2.15. The van der Waals surface area contributed by atoms with Gasteiger partial charge in [0, 0.05) is 12.1 Å². The molecule has 3 nitrogen and oxygen atoms in total. The predicted molar refractivity (Wildman–Crippen MR) is 66.0 cm³/mol. The molecule has 0 aliphatic carbocycles. The van der Waals surface area contributed by atoms with Crippen LogP contribution in [0.25, 0.3) is 0 Å². The molecule has 2 atom stereocenters. The van der Waals surface area contributed by atoms with Crippen molar-refractivity contribution in [3.8, 4) is 5.75 Å². The van der Waals surface area contributed by atoms with Gasteiger partial charge in [-0.1, -0.05) is 23.7 Å². The van der Waals surface area contributed by atoms with Gasteiger partial charge in [0.1, 0.15) is 11.9 Å². The summed E-state index contributed by atoms with van der Waals surface area (Å²) in [5.74, 6) is 0.645. The number of benzene rings is 1. The van der Waals surface area contributed by atoms with Crippen LogP contribution in [0, 0.1) is 0 Å². The van der Waals surface area contributed by atoms with Gasteiger partial charge in [-0.25, -0.2) is 0 Å². The van der Waals surface area contributed by atoms with E-state index in [1.807, 2.05) is 26.1 Å². The standard InChI is InChI=1S/C12H18ClNO2/c1-8(15)9(2)16-12-10(7-14-3)5-4-6-11(12)13/h4-6,8-9,14-15H,7H2,1-3H3. The molecule has 0 fully saturated rings. The minimum atomic E-state index is -0.529. The second kappa shape index (κ2) is 6.09. The van der Waals surface area contributed by atoms with Gasteiger partial charge < -0.3 is 15.2 Å². The van der Waals surface area contributed by atoms with Crippen LogP contribution in [0.4, 0.5) is 0 Å². The van der Waals surface area contributed by atoms with Crippen molar-refractivity contribution in [2.75, 3.05) is 7.05 Å². The van der Waals surface area contributed by atoms with Crippen LogP contribution in [0.5, 0.6) is 5.75 Å². The van der Waals surface area contributed by atoms with Gasteiger partial charge in [-0.2, -0.15) is 0 Å². The Balaban J connectivity index is 2.91. The zero-order valence-electron chi connectivity index (χ0n) is 9.83. The largest absolute Gasteiger partial charge is 0.486 e. The van der Waals surface area contributed by atoms with E-state index >= 15 is 0 Å². The minimum absolute atomic E-state index is 0.282. The fourth-order valence-corrected chi connectivity index (χ4v) is 1.54. The van der Waals surface area contributed by atoms with E-state index in [2.05, 4.69) is 5.32 Å². The second-order valence-electron chi connectivity index (χ2n) is 3.82. The number of nitrogens with one attached hydrogen (secondary N) is 1. The third-order valence-electron chi connectivity index (χ3n) is 2.40. The molecule has 0 aliphatic rings. The monoisotopic (exact) mass is 243 g/mol. The number of ether oxygens (including phenoxy) is 1. The van der Waals surface area contributed by atoms with Crippen molar-refractivity contribution in [2.45, 2.75) is 32.6 Å². The Bertz CT molecular complexity index is 342. The lowest BCUT2D eigenvalue weighted by atomic mass is 10.2. The molecule has 0 bridgehead atoms. The van der Waals surface area contributed by atoms with Crippen LogP contribution in [-0.2, 0) is 6.54 Å². The summed E-state index contributed by atoms with van der Waals surface area (Å²) in [4.78, 5) is 0. The third-order valence-corrected chi connectivity index (χ3v) is 2.70. The average molecular weight is 244 g/mol. The molecule has 0 saturated carbocycles. The van der Waals surface area contributed by atoms with Crippen molar-refractivity contribution in [1.82, 2.24) is 5.32 Å². The molecule has 0 amide bonds. The second-order valence-corrected chi connectivity index (χ2v) is 4.23. The van der Waals surface area contributed by atoms with E-state index in [0.29, 0.717) is 17.3 Å². The van der Waals surface area contributed by atoms with Crippen LogP contribution < -0.4 is 10.1 Å².